The van der Waals surface area contributed by atoms with Gasteiger partial charge in [0.2, 0.25) is 0 Å². The molecule has 0 saturated heterocycles. The first-order valence-electron chi connectivity index (χ1n) is 5.03. The molecule has 92 valence electrons. The lowest BCUT2D eigenvalue weighted by atomic mass is 10.2. The van der Waals surface area contributed by atoms with E-state index in [0.717, 1.165) is 11.3 Å². The van der Waals surface area contributed by atoms with Gasteiger partial charge in [-0.15, -0.1) is 11.3 Å². The molecule has 0 spiro atoms. The molecular weight excluding hydrogens is 254 g/mol. The summed E-state index contributed by atoms with van der Waals surface area (Å²) >= 11 is 1.03. The van der Waals surface area contributed by atoms with Gasteiger partial charge in [0.25, 0.3) is 0 Å². The molecule has 0 bridgehead atoms. The smallest absolute Gasteiger partial charge is 0.356 e. The van der Waals surface area contributed by atoms with Crippen LogP contribution in [0.2, 0.25) is 0 Å². The number of hydrogen-bond acceptors (Lipinski definition) is 5. The Bertz CT molecular complexity index is 584. The van der Waals surface area contributed by atoms with E-state index in [-0.39, 0.29) is 22.1 Å². The summed E-state index contributed by atoms with van der Waals surface area (Å²) < 4.78 is 0. The van der Waals surface area contributed by atoms with Gasteiger partial charge in [0.15, 0.2) is 11.5 Å². The fourth-order valence-electron chi connectivity index (χ4n) is 1.43. The number of phenolic OH excluding ortho intramolecular Hbond substituents is 1. The normalized spacial score (nSPS) is 10.3. The van der Waals surface area contributed by atoms with Crippen molar-refractivity contribution in [2.75, 3.05) is 0 Å². The van der Waals surface area contributed by atoms with Crippen molar-refractivity contribution in [3.8, 4) is 16.3 Å². The molecule has 6 heteroatoms. The van der Waals surface area contributed by atoms with E-state index in [1.54, 1.807) is 12.1 Å². The maximum Gasteiger partial charge on any atom is 0.356 e. The Balaban J connectivity index is 2.53. The number of aromatic carboxylic acids is 1. The zero-order valence-electron chi connectivity index (χ0n) is 9.38. The third-order valence-corrected chi connectivity index (χ3v) is 3.47. The number of phenols is 1. The van der Waals surface area contributed by atoms with E-state index in [0.29, 0.717) is 10.6 Å². The van der Waals surface area contributed by atoms with Crippen molar-refractivity contribution in [3.63, 3.8) is 0 Å². The van der Waals surface area contributed by atoms with Crippen molar-refractivity contribution < 1.29 is 19.8 Å². The summed E-state index contributed by atoms with van der Waals surface area (Å²) in [6.07, 6.45) is 0. The number of benzene rings is 1. The Hall–Kier alpha value is -2.21. The molecule has 5 nitrogen and oxygen atoms in total. The third kappa shape index (κ3) is 2.23. The monoisotopic (exact) mass is 263 g/mol. The van der Waals surface area contributed by atoms with Gasteiger partial charge in [0.05, 0.1) is 0 Å². The first-order chi connectivity index (χ1) is 8.49. The zero-order valence-corrected chi connectivity index (χ0v) is 10.2. The summed E-state index contributed by atoms with van der Waals surface area (Å²) in [4.78, 5) is 26.4. The van der Waals surface area contributed by atoms with Gasteiger partial charge >= 0.3 is 5.97 Å². The Morgan fingerprint density at radius 2 is 1.83 bits per heavy atom. The average molecular weight is 263 g/mol. The number of aromatic nitrogens is 1. The number of aromatic hydroxyl groups is 1. The van der Waals surface area contributed by atoms with Crippen LogP contribution in [0, 0.1) is 0 Å². The van der Waals surface area contributed by atoms with Crippen molar-refractivity contribution in [3.05, 3.63) is 34.8 Å². The molecule has 2 aromatic rings. The second-order valence-corrected chi connectivity index (χ2v) is 4.60. The zero-order chi connectivity index (χ0) is 13.3. The van der Waals surface area contributed by atoms with Crippen molar-refractivity contribution in [1.29, 1.82) is 0 Å². The van der Waals surface area contributed by atoms with Crippen molar-refractivity contribution in [2.45, 2.75) is 6.92 Å². The lowest BCUT2D eigenvalue weighted by molar-refractivity contribution is 0.0687. The molecule has 2 rings (SSSR count). The molecule has 1 heterocycles. The maximum atomic E-state index is 11.3. The topological polar surface area (TPSA) is 87.5 Å². The predicted octanol–water partition coefficient (Wildman–Crippen LogP) is 2.42. The molecular formula is C12H9NO4S. The quantitative estimate of drug-likeness (QED) is 0.830. The van der Waals surface area contributed by atoms with Crippen LogP contribution in [0.1, 0.15) is 27.1 Å². The van der Waals surface area contributed by atoms with Gasteiger partial charge in [-0.3, -0.25) is 4.79 Å². The Labute approximate surface area is 106 Å². The minimum atomic E-state index is -1.22. The van der Waals surface area contributed by atoms with Crippen LogP contribution in [0.15, 0.2) is 24.3 Å². The molecule has 0 fully saturated rings. The minimum Gasteiger partial charge on any atom is -0.508 e. The van der Waals surface area contributed by atoms with Crippen LogP contribution >= 0.6 is 11.3 Å². The number of carbonyl (C=O) groups excluding carboxylic acids is 1. The van der Waals surface area contributed by atoms with E-state index in [2.05, 4.69) is 4.98 Å². The second kappa shape index (κ2) is 4.58. The summed E-state index contributed by atoms with van der Waals surface area (Å²) in [6, 6.07) is 6.18. The van der Waals surface area contributed by atoms with Gasteiger partial charge < -0.3 is 10.2 Å². The number of ketones is 1. The highest BCUT2D eigenvalue weighted by Gasteiger charge is 2.20. The summed E-state index contributed by atoms with van der Waals surface area (Å²) in [5.41, 5.74) is 0.434. The summed E-state index contributed by atoms with van der Waals surface area (Å²) in [5, 5.41) is 18.6. The largest absolute Gasteiger partial charge is 0.508 e. The number of nitrogens with zero attached hydrogens (tertiary/aromatic N) is 1. The molecule has 0 atom stereocenters. The van der Waals surface area contributed by atoms with Crippen molar-refractivity contribution >= 4 is 23.1 Å². The molecule has 0 radical (unpaired) electrons. The van der Waals surface area contributed by atoms with Gasteiger partial charge in [0, 0.05) is 12.5 Å². The maximum absolute atomic E-state index is 11.3. The standard InChI is InChI=1S/C12H9NO4S/c1-6(14)10-9(12(16)17)13-11(18-10)7-2-4-8(15)5-3-7/h2-5,15H,1H3,(H,16,17). The van der Waals surface area contributed by atoms with Crippen LogP contribution in [0.5, 0.6) is 5.75 Å². The second-order valence-electron chi connectivity index (χ2n) is 3.60. The van der Waals surface area contributed by atoms with Crippen LogP contribution < -0.4 is 0 Å². The van der Waals surface area contributed by atoms with Gasteiger partial charge in [-0.05, 0) is 24.3 Å². The SMILES string of the molecule is CC(=O)c1sc(-c2ccc(O)cc2)nc1C(=O)O. The van der Waals surface area contributed by atoms with Crippen LogP contribution in [0.25, 0.3) is 10.6 Å². The summed E-state index contributed by atoms with van der Waals surface area (Å²) in [5.74, 6) is -1.43. The lowest BCUT2D eigenvalue weighted by Crippen LogP contribution is -2.03. The first-order valence-corrected chi connectivity index (χ1v) is 5.85. The van der Waals surface area contributed by atoms with Gasteiger partial charge in [-0.1, -0.05) is 0 Å². The molecule has 0 saturated carbocycles. The minimum absolute atomic E-state index is 0.112. The molecule has 1 aromatic carbocycles. The predicted molar refractivity (Wildman–Crippen MR) is 66.2 cm³/mol. The first kappa shape index (κ1) is 12.3. The Morgan fingerprint density at radius 1 is 1.22 bits per heavy atom. The highest BCUT2D eigenvalue weighted by atomic mass is 32.1. The molecule has 0 aliphatic carbocycles. The molecule has 18 heavy (non-hydrogen) atoms. The molecule has 0 unspecified atom stereocenters. The van der Waals surface area contributed by atoms with Crippen LogP contribution in [0.3, 0.4) is 0 Å². The summed E-state index contributed by atoms with van der Waals surface area (Å²) in [6.45, 7) is 1.31. The Morgan fingerprint density at radius 3 is 2.28 bits per heavy atom. The van der Waals surface area contributed by atoms with Crippen LogP contribution in [-0.2, 0) is 0 Å². The van der Waals surface area contributed by atoms with Crippen LogP contribution in [0.4, 0.5) is 0 Å². The van der Waals surface area contributed by atoms with Gasteiger partial charge in [0.1, 0.15) is 15.6 Å². The molecule has 2 N–H and O–H groups in total. The molecule has 0 aliphatic heterocycles. The third-order valence-electron chi connectivity index (χ3n) is 2.26. The van der Waals surface area contributed by atoms with E-state index in [1.165, 1.54) is 19.1 Å². The van der Waals surface area contributed by atoms with E-state index in [1.807, 2.05) is 0 Å². The molecule has 0 amide bonds. The van der Waals surface area contributed by atoms with Crippen molar-refractivity contribution in [1.82, 2.24) is 4.98 Å². The van der Waals surface area contributed by atoms with Gasteiger partial charge in [-0.25, -0.2) is 9.78 Å². The summed E-state index contributed by atoms with van der Waals surface area (Å²) in [7, 11) is 0. The number of carbonyl (C=O) groups is 2. The lowest BCUT2D eigenvalue weighted by Gasteiger charge is -1.95. The highest BCUT2D eigenvalue weighted by Crippen LogP contribution is 2.29. The number of rotatable bonds is 3. The molecule has 1 aromatic heterocycles. The highest BCUT2D eigenvalue weighted by molar-refractivity contribution is 7.17. The number of carboxylic acid groups (broad SMARTS) is 1. The van der Waals surface area contributed by atoms with E-state index in [9.17, 15) is 14.7 Å². The number of hydrogen-bond donors (Lipinski definition) is 2. The van der Waals surface area contributed by atoms with Gasteiger partial charge in [-0.2, -0.15) is 0 Å². The van der Waals surface area contributed by atoms with E-state index < -0.39 is 5.97 Å². The Kier molecular flexibility index (Phi) is 3.12. The number of carboxylic acids is 1. The fourth-order valence-corrected chi connectivity index (χ4v) is 2.39. The molecule has 0 aliphatic rings. The number of Topliss-reactive ketones (excluding diaryl/α,β-unsaturated/α-hetero) is 1. The van der Waals surface area contributed by atoms with Crippen LogP contribution in [-0.4, -0.2) is 26.9 Å². The average Bonchev–Trinajstić information content (AvgIpc) is 2.75. The van der Waals surface area contributed by atoms with Crippen molar-refractivity contribution in [2.24, 2.45) is 0 Å². The van der Waals surface area contributed by atoms with E-state index >= 15 is 0 Å². The number of thiazole rings is 1. The fraction of sp³-hybridized carbons (Fsp3) is 0.0833. The van der Waals surface area contributed by atoms with E-state index in [4.69, 9.17) is 5.11 Å².